The highest BCUT2D eigenvalue weighted by Gasteiger charge is 2.62. The van der Waals surface area contributed by atoms with E-state index >= 15 is 0 Å². The van der Waals surface area contributed by atoms with Gasteiger partial charge in [0.2, 0.25) is 0 Å². The molecule has 2 atom stereocenters. The molecule has 1 N–H and O–H groups in total. The van der Waals surface area contributed by atoms with Gasteiger partial charge in [-0.2, -0.15) is 0 Å². The standard InChI is InChI=1S/C9H14O2/c1-5(2)6-7(8(10)11)9(6,3)4/h6-7H,1H2,2-4H3,(H,10,11)/t6-,7+/m1/s1. The quantitative estimate of drug-likeness (QED) is 0.617. The van der Waals surface area contributed by atoms with Crippen LogP contribution in [0.4, 0.5) is 0 Å². The zero-order valence-electron chi connectivity index (χ0n) is 7.22. The number of allylic oxidation sites excluding steroid dienone is 1. The molecule has 1 fully saturated rings. The molecule has 0 aliphatic heterocycles. The van der Waals surface area contributed by atoms with E-state index < -0.39 is 5.97 Å². The van der Waals surface area contributed by atoms with Crippen molar-refractivity contribution in [3.05, 3.63) is 12.2 Å². The monoisotopic (exact) mass is 154 g/mol. The summed E-state index contributed by atoms with van der Waals surface area (Å²) in [6, 6.07) is 0. The van der Waals surface area contributed by atoms with Crippen molar-refractivity contribution in [2.75, 3.05) is 0 Å². The van der Waals surface area contributed by atoms with Crippen molar-refractivity contribution in [2.24, 2.45) is 17.3 Å². The van der Waals surface area contributed by atoms with Gasteiger partial charge in [0.05, 0.1) is 5.92 Å². The van der Waals surface area contributed by atoms with Gasteiger partial charge in [0.15, 0.2) is 0 Å². The van der Waals surface area contributed by atoms with E-state index in [1.807, 2.05) is 20.8 Å². The van der Waals surface area contributed by atoms with Crippen LogP contribution < -0.4 is 0 Å². The lowest BCUT2D eigenvalue weighted by atomic mass is 10.1. The maximum absolute atomic E-state index is 10.7. The average molecular weight is 154 g/mol. The lowest BCUT2D eigenvalue weighted by molar-refractivity contribution is -0.139. The predicted molar refractivity (Wildman–Crippen MR) is 43.2 cm³/mol. The molecule has 0 unspecified atom stereocenters. The number of carbonyl (C=O) groups is 1. The summed E-state index contributed by atoms with van der Waals surface area (Å²) in [4.78, 5) is 10.7. The van der Waals surface area contributed by atoms with Gasteiger partial charge in [0, 0.05) is 0 Å². The first kappa shape index (κ1) is 8.31. The van der Waals surface area contributed by atoms with Crippen LogP contribution in [0.2, 0.25) is 0 Å². The van der Waals surface area contributed by atoms with Crippen LogP contribution in [0.15, 0.2) is 12.2 Å². The Morgan fingerprint density at radius 3 is 2.00 bits per heavy atom. The van der Waals surface area contributed by atoms with E-state index in [1.165, 1.54) is 0 Å². The summed E-state index contributed by atoms with van der Waals surface area (Å²) in [6.07, 6.45) is 0. The minimum atomic E-state index is -0.692. The van der Waals surface area contributed by atoms with E-state index in [1.54, 1.807) is 0 Å². The highest BCUT2D eigenvalue weighted by atomic mass is 16.4. The van der Waals surface area contributed by atoms with Crippen molar-refractivity contribution >= 4 is 5.97 Å². The Bertz CT molecular complexity index is 194. The molecular formula is C9H14O2. The molecular weight excluding hydrogens is 140 g/mol. The zero-order valence-corrected chi connectivity index (χ0v) is 7.22. The molecule has 2 nitrogen and oxygen atoms in total. The molecule has 0 amide bonds. The first-order valence-corrected chi connectivity index (χ1v) is 3.77. The second-order valence-electron chi connectivity index (χ2n) is 3.96. The van der Waals surface area contributed by atoms with E-state index in [9.17, 15) is 4.79 Å². The normalized spacial score (nSPS) is 33.0. The highest BCUT2D eigenvalue weighted by Crippen LogP contribution is 2.61. The summed E-state index contributed by atoms with van der Waals surface area (Å²) >= 11 is 0. The molecule has 0 spiro atoms. The summed E-state index contributed by atoms with van der Waals surface area (Å²) in [5, 5.41) is 8.77. The van der Waals surface area contributed by atoms with Gasteiger partial charge in [-0.15, -0.1) is 0 Å². The van der Waals surface area contributed by atoms with Crippen molar-refractivity contribution in [3.63, 3.8) is 0 Å². The van der Waals surface area contributed by atoms with E-state index in [-0.39, 0.29) is 17.3 Å². The topological polar surface area (TPSA) is 37.3 Å². The summed E-state index contributed by atoms with van der Waals surface area (Å²) < 4.78 is 0. The number of hydrogen-bond donors (Lipinski definition) is 1. The second kappa shape index (κ2) is 2.10. The number of rotatable bonds is 2. The van der Waals surface area contributed by atoms with Crippen LogP contribution in [0.25, 0.3) is 0 Å². The maximum Gasteiger partial charge on any atom is 0.307 e. The SMILES string of the molecule is C=C(C)[C@@H]1[C@@H](C(=O)O)C1(C)C. The third kappa shape index (κ3) is 1.06. The number of carboxylic acid groups (broad SMARTS) is 1. The molecule has 2 heteroatoms. The van der Waals surface area contributed by atoms with Crippen LogP contribution >= 0.6 is 0 Å². The Morgan fingerprint density at radius 1 is 1.45 bits per heavy atom. The van der Waals surface area contributed by atoms with Crippen molar-refractivity contribution < 1.29 is 9.90 Å². The van der Waals surface area contributed by atoms with Crippen LogP contribution in [-0.2, 0) is 4.79 Å². The highest BCUT2D eigenvalue weighted by molar-refractivity contribution is 5.76. The largest absolute Gasteiger partial charge is 0.481 e. The van der Waals surface area contributed by atoms with Gasteiger partial charge >= 0.3 is 5.97 Å². The van der Waals surface area contributed by atoms with Gasteiger partial charge in [-0.3, -0.25) is 4.79 Å². The van der Waals surface area contributed by atoms with Crippen molar-refractivity contribution in [1.82, 2.24) is 0 Å². The van der Waals surface area contributed by atoms with Crippen LogP contribution in [0, 0.1) is 17.3 Å². The molecule has 0 radical (unpaired) electrons. The lowest BCUT2D eigenvalue weighted by Crippen LogP contribution is -2.03. The third-order valence-electron chi connectivity index (χ3n) is 2.62. The summed E-state index contributed by atoms with van der Waals surface area (Å²) in [5.41, 5.74) is 0.917. The Kier molecular flexibility index (Phi) is 1.58. The molecule has 62 valence electrons. The molecule has 1 aliphatic carbocycles. The first-order valence-electron chi connectivity index (χ1n) is 3.77. The van der Waals surface area contributed by atoms with Crippen molar-refractivity contribution in [1.29, 1.82) is 0 Å². The molecule has 1 saturated carbocycles. The molecule has 0 saturated heterocycles. The summed E-state index contributed by atoms with van der Waals surface area (Å²) in [5.74, 6) is -0.719. The fourth-order valence-corrected chi connectivity index (χ4v) is 2.02. The van der Waals surface area contributed by atoms with Gasteiger partial charge in [-0.05, 0) is 18.3 Å². The van der Waals surface area contributed by atoms with Gasteiger partial charge in [0.25, 0.3) is 0 Å². The fourth-order valence-electron chi connectivity index (χ4n) is 2.02. The number of aliphatic carboxylic acids is 1. The van der Waals surface area contributed by atoms with Gasteiger partial charge in [0.1, 0.15) is 0 Å². The van der Waals surface area contributed by atoms with Crippen LogP contribution in [-0.4, -0.2) is 11.1 Å². The predicted octanol–water partition coefficient (Wildman–Crippen LogP) is 1.92. The first-order chi connectivity index (χ1) is 4.89. The fraction of sp³-hybridized carbons (Fsp3) is 0.667. The second-order valence-corrected chi connectivity index (χ2v) is 3.96. The third-order valence-corrected chi connectivity index (χ3v) is 2.62. The molecule has 0 bridgehead atoms. The molecule has 11 heavy (non-hydrogen) atoms. The smallest absolute Gasteiger partial charge is 0.307 e. The molecule has 0 aromatic carbocycles. The lowest BCUT2D eigenvalue weighted by Gasteiger charge is -1.98. The number of carboxylic acids is 1. The Hall–Kier alpha value is -0.790. The van der Waals surface area contributed by atoms with Gasteiger partial charge in [-0.1, -0.05) is 26.0 Å². The Labute approximate surface area is 66.9 Å². The minimum Gasteiger partial charge on any atom is -0.481 e. The number of hydrogen-bond acceptors (Lipinski definition) is 1. The van der Waals surface area contributed by atoms with Gasteiger partial charge in [-0.25, -0.2) is 0 Å². The van der Waals surface area contributed by atoms with Crippen LogP contribution in [0.3, 0.4) is 0 Å². The molecule has 0 aromatic rings. The average Bonchev–Trinajstić information content (AvgIpc) is 2.33. The Morgan fingerprint density at radius 2 is 1.91 bits per heavy atom. The van der Waals surface area contributed by atoms with E-state index in [2.05, 4.69) is 6.58 Å². The van der Waals surface area contributed by atoms with Gasteiger partial charge < -0.3 is 5.11 Å². The molecule has 1 rings (SSSR count). The van der Waals surface area contributed by atoms with Crippen molar-refractivity contribution in [2.45, 2.75) is 20.8 Å². The van der Waals surface area contributed by atoms with Crippen molar-refractivity contribution in [3.8, 4) is 0 Å². The summed E-state index contributed by atoms with van der Waals surface area (Å²) in [6.45, 7) is 9.63. The molecule has 0 heterocycles. The molecule has 0 aromatic heterocycles. The molecule has 1 aliphatic rings. The maximum atomic E-state index is 10.7. The van der Waals surface area contributed by atoms with Crippen LogP contribution in [0.5, 0.6) is 0 Å². The summed E-state index contributed by atoms with van der Waals surface area (Å²) in [7, 11) is 0. The van der Waals surface area contributed by atoms with E-state index in [4.69, 9.17) is 5.11 Å². The minimum absolute atomic E-state index is 0.0718. The van der Waals surface area contributed by atoms with E-state index in [0.717, 1.165) is 5.57 Å². The van der Waals surface area contributed by atoms with Crippen LogP contribution in [0.1, 0.15) is 20.8 Å². The van der Waals surface area contributed by atoms with E-state index in [0.29, 0.717) is 0 Å². The zero-order chi connectivity index (χ0) is 8.81. The Balaban J connectivity index is 2.76.